The second-order valence-electron chi connectivity index (χ2n) is 5.85. The number of amides is 1. The number of anilines is 2. The molecular formula is C20H19FN4O2. The van der Waals surface area contributed by atoms with Crippen LogP contribution in [0.25, 0.3) is 0 Å². The van der Waals surface area contributed by atoms with Gasteiger partial charge in [0.2, 0.25) is 0 Å². The van der Waals surface area contributed by atoms with E-state index in [2.05, 4.69) is 20.6 Å². The van der Waals surface area contributed by atoms with Gasteiger partial charge in [0.05, 0.1) is 7.11 Å². The Balaban J connectivity index is 1.69. The number of nitrogens with zero attached hydrogens (tertiary/aromatic N) is 2. The minimum Gasteiger partial charge on any atom is -0.497 e. The lowest BCUT2D eigenvalue weighted by Gasteiger charge is -2.10. The number of aromatic nitrogens is 2. The molecule has 1 aromatic heterocycles. The predicted molar refractivity (Wildman–Crippen MR) is 101 cm³/mol. The summed E-state index contributed by atoms with van der Waals surface area (Å²) in [6.45, 7) is 2.05. The summed E-state index contributed by atoms with van der Waals surface area (Å²) in [5, 5.41) is 5.80. The molecule has 0 saturated heterocycles. The molecule has 27 heavy (non-hydrogen) atoms. The van der Waals surface area contributed by atoms with Gasteiger partial charge in [0.1, 0.15) is 28.9 Å². The summed E-state index contributed by atoms with van der Waals surface area (Å²) < 4.78 is 18.4. The van der Waals surface area contributed by atoms with Gasteiger partial charge in [-0.05, 0) is 42.8 Å². The van der Waals surface area contributed by atoms with Gasteiger partial charge < -0.3 is 15.4 Å². The van der Waals surface area contributed by atoms with E-state index < -0.39 is 0 Å². The van der Waals surface area contributed by atoms with Crippen LogP contribution in [0.3, 0.4) is 0 Å². The number of carbonyl (C=O) groups excluding carboxylic acids is 1. The highest BCUT2D eigenvalue weighted by atomic mass is 19.1. The molecule has 3 rings (SSSR count). The Bertz CT molecular complexity index is 945. The number of nitrogens with one attached hydrogen (secondary N) is 2. The average Bonchev–Trinajstić information content (AvgIpc) is 2.66. The maximum atomic E-state index is 13.3. The SMILES string of the molecule is COc1ccc(CNC(=O)c2cc(Nc3cccc(F)c3)nc(C)n2)cc1. The van der Waals surface area contributed by atoms with Crippen LogP contribution in [0, 0.1) is 12.7 Å². The van der Waals surface area contributed by atoms with E-state index in [4.69, 9.17) is 4.74 Å². The van der Waals surface area contributed by atoms with Crippen molar-refractivity contribution in [3.8, 4) is 5.75 Å². The maximum Gasteiger partial charge on any atom is 0.270 e. The molecule has 0 aliphatic rings. The van der Waals surface area contributed by atoms with Gasteiger partial charge in [-0.2, -0.15) is 0 Å². The first-order chi connectivity index (χ1) is 13.0. The second-order valence-corrected chi connectivity index (χ2v) is 5.85. The molecule has 138 valence electrons. The van der Waals surface area contributed by atoms with Crippen molar-refractivity contribution in [2.45, 2.75) is 13.5 Å². The van der Waals surface area contributed by atoms with Crippen LogP contribution in [0.5, 0.6) is 5.75 Å². The minimum absolute atomic E-state index is 0.231. The van der Waals surface area contributed by atoms with Crippen molar-refractivity contribution in [3.63, 3.8) is 0 Å². The molecule has 2 aromatic carbocycles. The maximum absolute atomic E-state index is 13.3. The van der Waals surface area contributed by atoms with Crippen LogP contribution >= 0.6 is 0 Å². The van der Waals surface area contributed by atoms with Gasteiger partial charge in [-0.1, -0.05) is 18.2 Å². The standard InChI is InChI=1S/C20H19FN4O2/c1-13-23-18(11-19(24-13)25-16-5-3-4-15(21)10-16)20(26)22-12-14-6-8-17(27-2)9-7-14/h3-11H,12H2,1-2H3,(H,22,26)(H,23,24,25). The molecule has 0 unspecified atom stereocenters. The van der Waals surface area contributed by atoms with Crippen molar-refractivity contribution in [3.05, 3.63) is 77.5 Å². The van der Waals surface area contributed by atoms with Gasteiger partial charge in [0, 0.05) is 18.3 Å². The Hall–Kier alpha value is -3.48. The van der Waals surface area contributed by atoms with Crippen LogP contribution in [-0.2, 0) is 6.54 Å². The molecule has 6 nitrogen and oxygen atoms in total. The molecule has 0 fully saturated rings. The van der Waals surface area contributed by atoms with Gasteiger partial charge in [0.25, 0.3) is 5.91 Å². The number of carbonyl (C=O) groups is 1. The molecule has 0 bridgehead atoms. The van der Waals surface area contributed by atoms with Crippen LogP contribution < -0.4 is 15.4 Å². The molecule has 0 atom stereocenters. The predicted octanol–water partition coefficient (Wildman–Crippen LogP) is 3.61. The van der Waals surface area contributed by atoms with Crippen molar-refractivity contribution >= 4 is 17.4 Å². The Morgan fingerprint density at radius 3 is 2.59 bits per heavy atom. The van der Waals surface area contributed by atoms with Crippen molar-refractivity contribution in [1.29, 1.82) is 0 Å². The lowest BCUT2D eigenvalue weighted by molar-refractivity contribution is 0.0945. The third kappa shape index (κ3) is 5.01. The van der Waals surface area contributed by atoms with Gasteiger partial charge >= 0.3 is 0 Å². The Labute approximate surface area is 156 Å². The Morgan fingerprint density at radius 1 is 1.11 bits per heavy atom. The number of halogens is 1. The van der Waals surface area contributed by atoms with Gasteiger partial charge in [-0.3, -0.25) is 4.79 Å². The second kappa shape index (κ2) is 8.27. The number of ether oxygens (including phenoxy) is 1. The molecular weight excluding hydrogens is 347 g/mol. The highest BCUT2D eigenvalue weighted by molar-refractivity contribution is 5.93. The molecule has 2 N–H and O–H groups in total. The van der Waals surface area contributed by atoms with Gasteiger partial charge in [-0.25, -0.2) is 14.4 Å². The summed E-state index contributed by atoms with van der Waals surface area (Å²) in [5.41, 5.74) is 1.71. The van der Waals surface area contributed by atoms with Crippen LogP contribution in [0.15, 0.2) is 54.6 Å². The fourth-order valence-corrected chi connectivity index (χ4v) is 2.48. The molecule has 0 radical (unpaired) electrons. The largest absolute Gasteiger partial charge is 0.497 e. The quantitative estimate of drug-likeness (QED) is 0.697. The molecule has 7 heteroatoms. The first-order valence-electron chi connectivity index (χ1n) is 8.33. The molecule has 1 heterocycles. The molecule has 3 aromatic rings. The lowest BCUT2D eigenvalue weighted by Crippen LogP contribution is -2.24. The first kappa shape index (κ1) is 18.3. The van der Waals surface area contributed by atoms with E-state index in [1.807, 2.05) is 24.3 Å². The number of rotatable bonds is 6. The summed E-state index contributed by atoms with van der Waals surface area (Å²) in [6.07, 6.45) is 0. The summed E-state index contributed by atoms with van der Waals surface area (Å²) in [4.78, 5) is 20.9. The number of benzene rings is 2. The smallest absolute Gasteiger partial charge is 0.270 e. The number of aryl methyl sites for hydroxylation is 1. The topological polar surface area (TPSA) is 76.1 Å². The van der Waals surface area contributed by atoms with Crippen LogP contribution in [-0.4, -0.2) is 23.0 Å². The van der Waals surface area contributed by atoms with Crippen LogP contribution in [0.4, 0.5) is 15.9 Å². The zero-order chi connectivity index (χ0) is 19.2. The summed E-state index contributed by atoms with van der Waals surface area (Å²) >= 11 is 0. The zero-order valence-corrected chi connectivity index (χ0v) is 15.0. The minimum atomic E-state index is -0.358. The van der Waals surface area contributed by atoms with E-state index in [0.717, 1.165) is 11.3 Å². The third-order valence-electron chi connectivity index (χ3n) is 3.78. The van der Waals surface area contributed by atoms with Gasteiger partial charge in [0.15, 0.2) is 0 Å². The summed E-state index contributed by atoms with van der Waals surface area (Å²) in [6, 6.07) is 15.0. The van der Waals surface area contributed by atoms with E-state index in [0.29, 0.717) is 23.9 Å². The highest BCUT2D eigenvalue weighted by Gasteiger charge is 2.11. The Morgan fingerprint density at radius 2 is 1.89 bits per heavy atom. The van der Waals surface area contributed by atoms with Gasteiger partial charge in [-0.15, -0.1) is 0 Å². The molecule has 0 spiro atoms. The number of methoxy groups -OCH3 is 1. The molecule has 0 saturated carbocycles. The monoisotopic (exact) mass is 366 g/mol. The van der Waals surface area contributed by atoms with E-state index in [1.165, 1.54) is 18.2 Å². The summed E-state index contributed by atoms with van der Waals surface area (Å²) in [7, 11) is 1.60. The average molecular weight is 366 g/mol. The van der Waals surface area contributed by atoms with Crippen molar-refractivity contribution < 1.29 is 13.9 Å². The molecule has 0 aliphatic heterocycles. The third-order valence-corrected chi connectivity index (χ3v) is 3.78. The number of hydrogen-bond acceptors (Lipinski definition) is 5. The van der Waals surface area contributed by atoms with Crippen LogP contribution in [0.2, 0.25) is 0 Å². The number of hydrogen-bond donors (Lipinski definition) is 2. The normalized spacial score (nSPS) is 10.3. The highest BCUT2D eigenvalue weighted by Crippen LogP contribution is 2.17. The van der Waals surface area contributed by atoms with E-state index >= 15 is 0 Å². The first-order valence-corrected chi connectivity index (χ1v) is 8.33. The Kier molecular flexibility index (Phi) is 5.61. The fraction of sp³-hybridized carbons (Fsp3) is 0.150. The van der Waals surface area contributed by atoms with Crippen molar-refractivity contribution in [1.82, 2.24) is 15.3 Å². The fourth-order valence-electron chi connectivity index (χ4n) is 2.48. The van der Waals surface area contributed by atoms with Crippen LogP contribution in [0.1, 0.15) is 21.9 Å². The molecule has 1 amide bonds. The van der Waals surface area contributed by atoms with E-state index in [1.54, 1.807) is 26.2 Å². The zero-order valence-electron chi connectivity index (χ0n) is 15.0. The van der Waals surface area contributed by atoms with Crippen molar-refractivity contribution in [2.24, 2.45) is 0 Å². The van der Waals surface area contributed by atoms with Crippen molar-refractivity contribution in [2.75, 3.05) is 12.4 Å². The summed E-state index contributed by atoms with van der Waals surface area (Å²) in [5.74, 6) is 0.931. The molecule has 0 aliphatic carbocycles. The van der Waals surface area contributed by atoms with E-state index in [9.17, 15) is 9.18 Å². The lowest BCUT2D eigenvalue weighted by atomic mass is 10.2. The van der Waals surface area contributed by atoms with E-state index in [-0.39, 0.29) is 17.4 Å².